The van der Waals surface area contributed by atoms with Crippen molar-refractivity contribution in [2.45, 2.75) is 12.5 Å². The fraction of sp³-hybridized carbons (Fsp3) is 0.333. The number of ether oxygens (including phenoxy) is 1. The molecule has 0 fully saturated rings. The topological polar surface area (TPSA) is 29.5 Å². The summed E-state index contributed by atoms with van der Waals surface area (Å²) in [4.78, 5) is 0. The molecule has 0 aliphatic heterocycles. The van der Waals surface area contributed by atoms with E-state index in [0.717, 1.165) is 0 Å². The molecule has 0 heterocycles. The van der Waals surface area contributed by atoms with Crippen LogP contribution in [0.2, 0.25) is 0 Å². The van der Waals surface area contributed by atoms with Crippen molar-refractivity contribution in [1.29, 1.82) is 0 Å². The second-order valence-electron chi connectivity index (χ2n) is 2.64. The van der Waals surface area contributed by atoms with Crippen molar-refractivity contribution in [3.63, 3.8) is 0 Å². The van der Waals surface area contributed by atoms with E-state index in [0.29, 0.717) is 4.47 Å². The lowest BCUT2D eigenvalue weighted by Gasteiger charge is -2.14. The van der Waals surface area contributed by atoms with Crippen LogP contribution in [0.3, 0.4) is 0 Å². The van der Waals surface area contributed by atoms with E-state index in [-0.39, 0.29) is 11.3 Å². The Labute approximate surface area is 88.6 Å². The number of methoxy groups -OCH3 is 1. The molecule has 5 heteroatoms. The highest BCUT2D eigenvalue weighted by molar-refractivity contribution is 9.10. The van der Waals surface area contributed by atoms with Gasteiger partial charge in [-0.1, -0.05) is 12.1 Å². The maximum absolute atomic E-state index is 12.2. The van der Waals surface area contributed by atoms with Crippen molar-refractivity contribution in [3.8, 4) is 5.75 Å². The van der Waals surface area contributed by atoms with E-state index in [2.05, 4.69) is 15.9 Å². The lowest BCUT2D eigenvalue weighted by atomic mass is 10.1. The number of alkyl halides is 2. The monoisotopic (exact) mass is 266 g/mol. The number of benzene rings is 1. The molecule has 0 spiro atoms. The average Bonchev–Trinajstić information content (AvgIpc) is 2.16. The zero-order valence-electron chi connectivity index (χ0n) is 7.38. The first-order valence-electron chi connectivity index (χ1n) is 3.86. The van der Waals surface area contributed by atoms with Gasteiger partial charge in [0.1, 0.15) is 11.9 Å². The maximum atomic E-state index is 12.2. The number of rotatable bonds is 3. The number of para-hydroxylation sites is 1. The molecular formula is C9H9BrF2O2. The van der Waals surface area contributed by atoms with E-state index >= 15 is 0 Å². The van der Waals surface area contributed by atoms with Crippen LogP contribution in [-0.4, -0.2) is 18.6 Å². The van der Waals surface area contributed by atoms with E-state index < -0.39 is 12.5 Å². The van der Waals surface area contributed by atoms with Crippen molar-refractivity contribution in [2.75, 3.05) is 7.11 Å². The Balaban J connectivity index is 3.13. The molecule has 0 saturated heterocycles. The third kappa shape index (κ3) is 2.22. The summed E-state index contributed by atoms with van der Waals surface area (Å²) in [6, 6.07) is 4.62. The maximum Gasteiger partial charge on any atom is 0.268 e. The standard InChI is InChI=1S/C9H9BrF2O2/c1-14-8-5(7(13)9(11)12)3-2-4-6(8)10/h2-4,7,9,13H,1H3. The molecule has 1 atom stereocenters. The van der Waals surface area contributed by atoms with Gasteiger partial charge in [0.15, 0.2) is 0 Å². The van der Waals surface area contributed by atoms with Gasteiger partial charge in [-0.2, -0.15) is 0 Å². The predicted octanol–water partition coefficient (Wildman–Crippen LogP) is 2.76. The number of aliphatic hydroxyl groups is 1. The molecule has 2 nitrogen and oxygen atoms in total. The Kier molecular flexibility index (Phi) is 3.83. The average molecular weight is 267 g/mol. The zero-order chi connectivity index (χ0) is 10.7. The van der Waals surface area contributed by atoms with Crippen LogP contribution in [-0.2, 0) is 0 Å². The van der Waals surface area contributed by atoms with Gasteiger partial charge in [0.25, 0.3) is 6.43 Å². The van der Waals surface area contributed by atoms with Crippen LogP contribution in [0.15, 0.2) is 22.7 Å². The van der Waals surface area contributed by atoms with Gasteiger partial charge in [-0.15, -0.1) is 0 Å². The Morgan fingerprint density at radius 2 is 2.07 bits per heavy atom. The van der Waals surface area contributed by atoms with Crippen LogP contribution in [0.1, 0.15) is 11.7 Å². The SMILES string of the molecule is COc1c(Br)cccc1C(O)C(F)F. The normalized spacial score (nSPS) is 13.0. The van der Waals surface area contributed by atoms with Gasteiger partial charge in [0, 0.05) is 5.56 Å². The van der Waals surface area contributed by atoms with Gasteiger partial charge < -0.3 is 9.84 Å². The molecule has 0 aliphatic rings. The van der Waals surface area contributed by atoms with Gasteiger partial charge in [-0.25, -0.2) is 8.78 Å². The molecule has 1 aromatic rings. The summed E-state index contributed by atoms with van der Waals surface area (Å²) < 4.78 is 29.9. The van der Waals surface area contributed by atoms with Gasteiger partial charge in [0.2, 0.25) is 0 Å². The van der Waals surface area contributed by atoms with Crippen LogP contribution in [0.25, 0.3) is 0 Å². The van der Waals surface area contributed by atoms with Gasteiger partial charge >= 0.3 is 0 Å². The number of hydrogen-bond donors (Lipinski definition) is 1. The van der Waals surface area contributed by atoms with Crippen LogP contribution in [0.5, 0.6) is 5.75 Å². The molecule has 14 heavy (non-hydrogen) atoms. The summed E-state index contributed by atoms with van der Waals surface area (Å²) in [6.45, 7) is 0. The lowest BCUT2D eigenvalue weighted by molar-refractivity contribution is -0.00703. The third-order valence-electron chi connectivity index (χ3n) is 1.76. The van der Waals surface area contributed by atoms with Crippen LogP contribution in [0.4, 0.5) is 8.78 Å². The second-order valence-corrected chi connectivity index (χ2v) is 3.50. The number of aliphatic hydroxyl groups excluding tert-OH is 1. The summed E-state index contributed by atoms with van der Waals surface area (Å²) in [5, 5.41) is 9.18. The van der Waals surface area contributed by atoms with Crippen molar-refractivity contribution < 1.29 is 18.6 Å². The van der Waals surface area contributed by atoms with Crippen molar-refractivity contribution in [1.82, 2.24) is 0 Å². The van der Waals surface area contributed by atoms with Crippen molar-refractivity contribution in [3.05, 3.63) is 28.2 Å². The molecule has 1 unspecified atom stereocenters. The molecule has 0 radical (unpaired) electrons. The Morgan fingerprint density at radius 3 is 2.57 bits per heavy atom. The molecule has 78 valence electrons. The Morgan fingerprint density at radius 1 is 1.43 bits per heavy atom. The number of hydrogen-bond acceptors (Lipinski definition) is 2. The quantitative estimate of drug-likeness (QED) is 0.912. The Bertz CT molecular complexity index is 318. The summed E-state index contributed by atoms with van der Waals surface area (Å²) in [7, 11) is 1.36. The molecule has 1 aromatic carbocycles. The first-order valence-corrected chi connectivity index (χ1v) is 4.66. The largest absolute Gasteiger partial charge is 0.495 e. The highest BCUT2D eigenvalue weighted by Crippen LogP contribution is 2.34. The molecule has 1 N–H and O–H groups in total. The molecule has 0 aliphatic carbocycles. The van der Waals surface area contributed by atoms with Crippen LogP contribution < -0.4 is 4.74 Å². The fourth-order valence-corrected chi connectivity index (χ4v) is 1.65. The first kappa shape index (κ1) is 11.4. The van der Waals surface area contributed by atoms with Crippen LogP contribution in [0, 0.1) is 0 Å². The summed E-state index contributed by atoms with van der Waals surface area (Å²) >= 11 is 3.14. The van der Waals surface area contributed by atoms with Crippen LogP contribution >= 0.6 is 15.9 Å². The Hall–Kier alpha value is -0.680. The van der Waals surface area contributed by atoms with Crippen molar-refractivity contribution in [2.24, 2.45) is 0 Å². The summed E-state index contributed by atoms with van der Waals surface area (Å²) in [6.07, 6.45) is -4.64. The summed E-state index contributed by atoms with van der Waals surface area (Å²) in [5.74, 6) is 0.236. The molecule has 0 saturated carbocycles. The van der Waals surface area contributed by atoms with Gasteiger partial charge in [-0.3, -0.25) is 0 Å². The molecular weight excluding hydrogens is 258 g/mol. The van der Waals surface area contributed by atoms with E-state index in [1.807, 2.05) is 0 Å². The van der Waals surface area contributed by atoms with E-state index in [9.17, 15) is 13.9 Å². The van der Waals surface area contributed by atoms with E-state index in [1.165, 1.54) is 13.2 Å². The highest BCUT2D eigenvalue weighted by atomic mass is 79.9. The molecule has 0 aromatic heterocycles. The zero-order valence-corrected chi connectivity index (χ0v) is 8.96. The van der Waals surface area contributed by atoms with Gasteiger partial charge in [-0.05, 0) is 22.0 Å². The third-order valence-corrected chi connectivity index (χ3v) is 2.38. The molecule has 0 amide bonds. The van der Waals surface area contributed by atoms with Gasteiger partial charge in [0.05, 0.1) is 11.6 Å². The molecule has 0 bridgehead atoms. The van der Waals surface area contributed by atoms with Crippen molar-refractivity contribution >= 4 is 15.9 Å². The minimum absolute atomic E-state index is 0.0804. The minimum atomic E-state index is -2.82. The second kappa shape index (κ2) is 4.70. The highest BCUT2D eigenvalue weighted by Gasteiger charge is 2.23. The number of halogens is 3. The van der Waals surface area contributed by atoms with E-state index in [4.69, 9.17) is 4.74 Å². The smallest absolute Gasteiger partial charge is 0.268 e. The summed E-state index contributed by atoms with van der Waals surface area (Å²) in [5.41, 5.74) is 0.0804. The first-order chi connectivity index (χ1) is 6.57. The lowest BCUT2D eigenvalue weighted by Crippen LogP contribution is -2.09. The fourth-order valence-electron chi connectivity index (χ4n) is 1.11. The van der Waals surface area contributed by atoms with E-state index in [1.54, 1.807) is 12.1 Å². The minimum Gasteiger partial charge on any atom is -0.495 e. The predicted molar refractivity (Wildman–Crippen MR) is 51.7 cm³/mol. The molecule has 1 rings (SSSR count).